The Bertz CT molecular complexity index is 713. The highest BCUT2D eigenvalue weighted by Gasteiger charge is 2.39. The van der Waals surface area contributed by atoms with Crippen LogP contribution in [-0.2, 0) is 27.7 Å². The van der Waals surface area contributed by atoms with Gasteiger partial charge in [0.2, 0.25) is 10.0 Å². The number of fused-ring (bicyclic) bond motifs is 1. The fraction of sp³-hybridized carbons (Fsp3) is 0.588. The summed E-state index contributed by atoms with van der Waals surface area (Å²) in [5.41, 5.74) is 2.36. The molecule has 1 aliphatic carbocycles. The summed E-state index contributed by atoms with van der Waals surface area (Å²) in [5.74, 6) is -1.54. The lowest BCUT2D eigenvalue weighted by atomic mass is 9.92. The van der Waals surface area contributed by atoms with Gasteiger partial charge in [0.1, 0.15) is 0 Å². The Morgan fingerprint density at radius 2 is 1.87 bits per heavy atom. The zero-order valence-corrected chi connectivity index (χ0v) is 14.2. The number of carboxylic acid groups (broad SMARTS) is 1. The Morgan fingerprint density at radius 3 is 2.57 bits per heavy atom. The lowest BCUT2D eigenvalue weighted by Gasteiger charge is -2.36. The van der Waals surface area contributed by atoms with E-state index in [1.54, 1.807) is 19.1 Å². The maximum absolute atomic E-state index is 13.0. The molecular weight excluding hydrogens is 314 g/mol. The Hall–Kier alpha value is -1.40. The van der Waals surface area contributed by atoms with Crippen molar-refractivity contribution in [3.8, 4) is 0 Å². The van der Waals surface area contributed by atoms with Crippen LogP contribution in [0.2, 0.25) is 0 Å². The lowest BCUT2D eigenvalue weighted by Crippen LogP contribution is -2.49. The van der Waals surface area contributed by atoms with Crippen molar-refractivity contribution in [1.82, 2.24) is 4.31 Å². The molecule has 0 unspecified atom stereocenters. The van der Waals surface area contributed by atoms with Crippen LogP contribution in [0.1, 0.15) is 43.7 Å². The molecule has 1 heterocycles. The second kappa shape index (κ2) is 6.24. The zero-order chi connectivity index (χ0) is 16.6. The molecule has 1 fully saturated rings. The number of aliphatic carboxylic acids is 1. The van der Waals surface area contributed by atoms with E-state index in [0.29, 0.717) is 24.3 Å². The molecule has 0 radical (unpaired) electrons. The summed E-state index contributed by atoms with van der Waals surface area (Å²) >= 11 is 0. The van der Waals surface area contributed by atoms with Crippen molar-refractivity contribution in [2.75, 3.05) is 6.54 Å². The molecule has 2 atom stereocenters. The SMILES string of the molecule is C[C@@H]1[C@H](C(=O)O)CCCN1S(=O)(=O)c1ccc2c(c1)CCCC2. The van der Waals surface area contributed by atoms with Crippen molar-refractivity contribution in [2.45, 2.75) is 56.4 Å². The molecule has 1 aromatic rings. The molecule has 1 aromatic carbocycles. The molecule has 1 aliphatic heterocycles. The fourth-order valence-corrected chi connectivity index (χ4v) is 5.54. The summed E-state index contributed by atoms with van der Waals surface area (Å²) in [4.78, 5) is 11.6. The van der Waals surface area contributed by atoms with Gasteiger partial charge in [-0.15, -0.1) is 0 Å². The third-order valence-corrected chi connectivity index (χ3v) is 7.16. The van der Waals surface area contributed by atoms with Crippen LogP contribution in [0.3, 0.4) is 0 Å². The van der Waals surface area contributed by atoms with Crippen LogP contribution in [-0.4, -0.2) is 36.4 Å². The normalized spacial score (nSPS) is 25.8. The molecule has 0 bridgehead atoms. The summed E-state index contributed by atoms with van der Waals surface area (Å²) in [7, 11) is -3.64. The first-order valence-electron chi connectivity index (χ1n) is 8.27. The second-order valence-electron chi connectivity index (χ2n) is 6.58. The molecule has 23 heavy (non-hydrogen) atoms. The van der Waals surface area contributed by atoms with E-state index in [1.807, 2.05) is 6.07 Å². The van der Waals surface area contributed by atoms with E-state index in [9.17, 15) is 18.3 Å². The zero-order valence-electron chi connectivity index (χ0n) is 13.4. The van der Waals surface area contributed by atoms with Crippen molar-refractivity contribution in [3.63, 3.8) is 0 Å². The monoisotopic (exact) mass is 337 g/mol. The van der Waals surface area contributed by atoms with Crippen molar-refractivity contribution in [3.05, 3.63) is 29.3 Å². The van der Waals surface area contributed by atoms with E-state index in [1.165, 1.54) is 9.87 Å². The summed E-state index contributed by atoms with van der Waals surface area (Å²) < 4.78 is 27.3. The van der Waals surface area contributed by atoms with E-state index < -0.39 is 28.0 Å². The molecule has 0 spiro atoms. The number of nitrogens with zero attached hydrogens (tertiary/aromatic N) is 1. The van der Waals surface area contributed by atoms with Crippen LogP contribution < -0.4 is 0 Å². The minimum atomic E-state index is -3.64. The predicted molar refractivity (Wildman–Crippen MR) is 86.8 cm³/mol. The number of carboxylic acids is 1. The van der Waals surface area contributed by atoms with Crippen LogP contribution in [0.4, 0.5) is 0 Å². The van der Waals surface area contributed by atoms with Crippen LogP contribution in [0.15, 0.2) is 23.1 Å². The molecule has 3 rings (SSSR count). The Morgan fingerprint density at radius 1 is 1.17 bits per heavy atom. The van der Waals surface area contributed by atoms with Gasteiger partial charge in [-0.25, -0.2) is 8.42 Å². The Balaban J connectivity index is 1.93. The van der Waals surface area contributed by atoms with E-state index >= 15 is 0 Å². The first-order valence-corrected chi connectivity index (χ1v) is 9.72. The molecule has 1 N–H and O–H groups in total. The van der Waals surface area contributed by atoms with E-state index in [-0.39, 0.29) is 0 Å². The molecule has 0 aromatic heterocycles. The number of rotatable bonds is 3. The molecule has 2 aliphatic rings. The average molecular weight is 337 g/mol. The second-order valence-corrected chi connectivity index (χ2v) is 8.47. The van der Waals surface area contributed by atoms with E-state index in [0.717, 1.165) is 31.2 Å². The molecule has 0 amide bonds. The highest BCUT2D eigenvalue weighted by atomic mass is 32.2. The third-order valence-electron chi connectivity index (χ3n) is 5.17. The quantitative estimate of drug-likeness (QED) is 0.919. The summed E-state index contributed by atoms with van der Waals surface area (Å²) in [6, 6.07) is 4.88. The van der Waals surface area contributed by atoms with E-state index in [4.69, 9.17) is 0 Å². The minimum absolute atomic E-state index is 0.302. The molecule has 5 nitrogen and oxygen atoms in total. The van der Waals surface area contributed by atoms with Gasteiger partial charge in [-0.05, 0) is 68.7 Å². The van der Waals surface area contributed by atoms with Crippen LogP contribution in [0, 0.1) is 5.92 Å². The largest absolute Gasteiger partial charge is 0.481 e. The number of sulfonamides is 1. The smallest absolute Gasteiger partial charge is 0.308 e. The molecule has 6 heteroatoms. The molecule has 0 saturated carbocycles. The van der Waals surface area contributed by atoms with Gasteiger partial charge in [-0.2, -0.15) is 4.31 Å². The van der Waals surface area contributed by atoms with Gasteiger partial charge in [0.25, 0.3) is 0 Å². The van der Waals surface area contributed by atoms with Gasteiger partial charge < -0.3 is 5.11 Å². The lowest BCUT2D eigenvalue weighted by molar-refractivity contribution is -0.144. The molecule has 126 valence electrons. The summed E-state index contributed by atoms with van der Waals surface area (Å²) in [5, 5.41) is 9.30. The topological polar surface area (TPSA) is 74.7 Å². The Kier molecular flexibility index (Phi) is 4.47. The van der Waals surface area contributed by atoms with Gasteiger partial charge in [-0.1, -0.05) is 6.07 Å². The molecule has 1 saturated heterocycles. The first-order chi connectivity index (χ1) is 10.9. The number of benzene rings is 1. The van der Waals surface area contributed by atoms with Gasteiger partial charge in [0.15, 0.2) is 0 Å². The van der Waals surface area contributed by atoms with Gasteiger partial charge in [-0.3, -0.25) is 4.79 Å². The highest BCUT2D eigenvalue weighted by Crippen LogP contribution is 2.31. The standard InChI is InChI=1S/C17H23NO4S/c1-12-16(17(19)20)7-4-10-18(12)23(21,22)15-9-8-13-5-2-3-6-14(13)11-15/h8-9,11-12,16H,2-7,10H2,1H3,(H,19,20)/t12-,16-/m1/s1. The Labute approximate surface area is 137 Å². The van der Waals surface area contributed by atoms with Crippen molar-refractivity contribution in [1.29, 1.82) is 0 Å². The number of hydrogen-bond acceptors (Lipinski definition) is 3. The number of aryl methyl sites for hydroxylation is 2. The first kappa shape index (κ1) is 16.5. The third kappa shape index (κ3) is 3.02. The minimum Gasteiger partial charge on any atom is -0.481 e. The average Bonchev–Trinajstić information content (AvgIpc) is 2.54. The van der Waals surface area contributed by atoms with Gasteiger partial charge in [0.05, 0.1) is 10.8 Å². The molecular formula is C17H23NO4S. The van der Waals surface area contributed by atoms with Gasteiger partial charge in [0, 0.05) is 12.6 Å². The van der Waals surface area contributed by atoms with Crippen LogP contribution >= 0.6 is 0 Å². The maximum atomic E-state index is 13.0. The highest BCUT2D eigenvalue weighted by molar-refractivity contribution is 7.89. The number of carbonyl (C=O) groups is 1. The summed E-state index contributed by atoms with van der Waals surface area (Å²) in [6.07, 6.45) is 5.31. The van der Waals surface area contributed by atoms with Crippen LogP contribution in [0.5, 0.6) is 0 Å². The van der Waals surface area contributed by atoms with Gasteiger partial charge >= 0.3 is 5.97 Å². The number of hydrogen-bond donors (Lipinski definition) is 1. The fourth-order valence-electron chi connectivity index (χ4n) is 3.79. The summed E-state index contributed by atoms with van der Waals surface area (Å²) in [6.45, 7) is 2.10. The van der Waals surface area contributed by atoms with Crippen LogP contribution in [0.25, 0.3) is 0 Å². The maximum Gasteiger partial charge on any atom is 0.308 e. The van der Waals surface area contributed by atoms with Crippen molar-refractivity contribution >= 4 is 16.0 Å². The number of piperidine rings is 1. The predicted octanol–water partition coefficient (Wildman–Crippen LogP) is 2.44. The van der Waals surface area contributed by atoms with Crippen molar-refractivity contribution in [2.24, 2.45) is 5.92 Å². The van der Waals surface area contributed by atoms with E-state index in [2.05, 4.69) is 0 Å². The van der Waals surface area contributed by atoms with Crippen molar-refractivity contribution < 1.29 is 18.3 Å².